The number of fused-ring (bicyclic) bond motifs is 4. The molecule has 6 rings (SSSR count). The SMILES string of the molecule is Cc1cc2n(c1)-c1ccccc1OC21CCN(C2(c3ccc(OC(C)C)c(C)c3)CC2)CC1. The lowest BCUT2D eigenvalue weighted by Crippen LogP contribution is -2.51. The third-order valence-electron chi connectivity index (χ3n) is 7.83. The van der Waals surface area contributed by atoms with Gasteiger partial charge in [-0.2, -0.15) is 0 Å². The fourth-order valence-corrected chi connectivity index (χ4v) is 6.04. The van der Waals surface area contributed by atoms with Crippen LogP contribution in [0.2, 0.25) is 0 Å². The number of hydrogen-bond donors (Lipinski definition) is 0. The van der Waals surface area contributed by atoms with Crippen LogP contribution >= 0.6 is 0 Å². The van der Waals surface area contributed by atoms with Crippen molar-refractivity contribution in [3.8, 4) is 17.2 Å². The van der Waals surface area contributed by atoms with E-state index in [0.29, 0.717) is 0 Å². The van der Waals surface area contributed by atoms with E-state index in [-0.39, 0.29) is 17.2 Å². The fourth-order valence-electron chi connectivity index (χ4n) is 6.04. The molecule has 3 aliphatic rings. The number of nitrogens with zero attached hydrogens (tertiary/aromatic N) is 2. The van der Waals surface area contributed by atoms with Crippen LogP contribution in [0.1, 0.15) is 61.9 Å². The van der Waals surface area contributed by atoms with Gasteiger partial charge in [0.2, 0.25) is 0 Å². The number of benzene rings is 2. The number of aromatic nitrogens is 1. The minimum atomic E-state index is -0.236. The third-order valence-corrected chi connectivity index (χ3v) is 7.83. The topological polar surface area (TPSA) is 26.6 Å². The first-order chi connectivity index (χ1) is 15.9. The number of rotatable bonds is 4. The van der Waals surface area contributed by atoms with E-state index in [4.69, 9.17) is 9.47 Å². The van der Waals surface area contributed by atoms with Crippen molar-refractivity contribution < 1.29 is 9.47 Å². The summed E-state index contributed by atoms with van der Waals surface area (Å²) in [6, 6.07) is 17.6. The molecule has 1 spiro atoms. The number of piperidine rings is 1. The second kappa shape index (κ2) is 7.39. The van der Waals surface area contributed by atoms with Crippen molar-refractivity contribution in [3.05, 3.63) is 77.1 Å². The molecule has 0 unspecified atom stereocenters. The van der Waals surface area contributed by atoms with Gasteiger partial charge in [-0.25, -0.2) is 0 Å². The van der Waals surface area contributed by atoms with E-state index in [1.165, 1.54) is 35.2 Å². The Labute approximate surface area is 197 Å². The monoisotopic (exact) mass is 442 g/mol. The summed E-state index contributed by atoms with van der Waals surface area (Å²) in [7, 11) is 0. The molecule has 3 heterocycles. The van der Waals surface area contributed by atoms with Gasteiger partial charge in [0.25, 0.3) is 0 Å². The number of ether oxygens (including phenoxy) is 2. The van der Waals surface area contributed by atoms with Crippen molar-refractivity contribution in [1.29, 1.82) is 0 Å². The van der Waals surface area contributed by atoms with E-state index in [2.05, 4.69) is 91.9 Å². The van der Waals surface area contributed by atoms with E-state index in [0.717, 1.165) is 43.1 Å². The average molecular weight is 443 g/mol. The van der Waals surface area contributed by atoms with Gasteiger partial charge in [-0.05, 0) is 81.5 Å². The zero-order chi connectivity index (χ0) is 22.8. The summed E-state index contributed by atoms with van der Waals surface area (Å²) in [6.07, 6.45) is 6.97. The summed E-state index contributed by atoms with van der Waals surface area (Å²) in [5, 5.41) is 0. The molecule has 172 valence electrons. The lowest BCUT2D eigenvalue weighted by molar-refractivity contribution is -0.0286. The molecule has 0 amide bonds. The van der Waals surface area contributed by atoms with Gasteiger partial charge in [0.15, 0.2) is 5.60 Å². The fraction of sp³-hybridized carbons (Fsp3) is 0.448. The maximum atomic E-state index is 6.80. The highest BCUT2D eigenvalue weighted by Gasteiger charge is 2.53. The minimum absolute atomic E-state index is 0.188. The van der Waals surface area contributed by atoms with Crippen LogP contribution in [-0.4, -0.2) is 28.7 Å². The Morgan fingerprint density at radius 2 is 1.70 bits per heavy atom. The van der Waals surface area contributed by atoms with Crippen LogP contribution in [0.15, 0.2) is 54.7 Å². The maximum absolute atomic E-state index is 6.80. The second-order valence-electron chi connectivity index (χ2n) is 10.5. The summed E-state index contributed by atoms with van der Waals surface area (Å²) in [5.74, 6) is 2.01. The number of aryl methyl sites for hydroxylation is 2. The van der Waals surface area contributed by atoms with Crippen LogP contribution < -0.4 is 9.47 Å². The molecular formula is C29H34N2O2. The van der Waals surface area contributed by atoms with Crippen molar-refractivity contribution in [2.75, 3.05) is 13.1 Å². The minimum Gasteiger partial charge on any atom is -0.491 e. The lowest BCUT2D eigenvalue weighted by Gasteiger charge is -2.47. The van der Waals surface area contributed by atoms with Crippen LogP contribution in [0.4, 0.5) is 0 Å². The van der Waals surface area contributed by atoms with Crippen LogP contribution in [0.5, 0.6) is 11.5 Å². The smallest absolute Gasteiger partial charge is 0.152 e. The van der Waals surface area contributed by atoms with E-state index in [9.17, 15) is 0 Å². The molecule has 3 aromatic rings. The van der Waals surface area contributed by atoms with E-state index >= 15 is 0 Å². The zero-order valence-electron chi connectivity index (χ0n) is 20.2. The van der Waals surface area contributed by atoms with Gasteiger partial charge >= 0.3 is 0 Å². The quantitative estimate of drug-likeness (QED) is 0.477. The molecule has 1 aromatic heterocycles. The molecule has 0 radical (unpaired) electrons. The first kappa shape index (κ1) is 20.9. The van der Waals surface area contributed by atoms with Crippen molar-refractivity contribution in [1.82, 2.24) is 9.47 Å². The predicted molar refractivity (Wildman–Crippen MR) is 131 cm³/mol. The zero-order valence-corrected chi connectivity index (χ0v) is 20.2. The number of hydrogen-bond acceptors (Lipinski definition) is 3. The normalized spacial score (nSPS) is 20.3. The predicted octanol–water partition coefficient (Wildman–Crippen LogP) is 6.25. The summed E-state index contributed by atoms with van der Waals surface area (Å²) < 4.78 is 15.1. The highest BCUT2D eigenvalue weighted by Crippen LogP contribution is 2.55. The van der Waals surface area contributed by atoms with Crippen molar-refractivity contribution in [3.63, 3.8) is 0 Å². The standard InChI is InChI=1S/C29H34N2O2/c1-20(2)32-25-10-9-23(18-22(25)4)28(11-12-28)30-15-13-29(14-16-30)27-17-21(3)19-31(27)24-7-5-6-8-26(24)33-29/h5-10,17-20H,11-16H2,1-4H3. The Bertz CT molecular complexity index is 1200. The van der Waals surface area contributed by atoms with Crippen molar-refractivity contribution >= 4 is 0 Å². The highest BCUT2D eigenvalue weighted by atomic mass is 16.5. The molecule has 2 fully saturated rings. The van der Waals surface area contributed by atoms with Crippen LogP contribution in [0, 0.1) is 13.8 Å². The molecule has 1 saturated carbocycles. The van der Waals surface area contributed by atoms with Gasteiger partial charge in [-0.1, -0.05) is 24.3 Å². The van der Waals surface area contributed by atoms with Crippen LogP contribution in [0.25, 0.3) is 5.69 Å². The number of likely N-dealkylation sites (tertiary alicyclic amines) is 1. The molecule has 0 atom stereocenters. The molecular weight excluding hydrogens is 408 g/mol. The Morgan fingerprint density at radius 1 is 0.939 bits per heavy atom. The largest absolute Gasteiger partial charge is 0.491 e. The average Bonchev–Trinajstić information content (AvgIpc) is 3.50. The molecule has 1 aliphatic carbocycles. The van der Waals surface area contributed by atoms with Gasteiger partial charge in [0, 0.05) is 37.7 Å². The Hall–Kier alpha value is -2.72. The molecule has 33 heavy (non-hydrogen) atoms. The molecule has 4 heteroatoms. The van der Waals surface area contributed by atoms with Crippen LogP contribution in [0.3, 0.4) is 0 Å². The molecule has 2 aromatic carbocycles. The van der Waals surface area contributed by atoms with Gasteiger partial charge < -0.3 is 14.0 Å². The van der Waals surface area contributed by atoms with E-state index in [1.807, 2.05) is 0 Å². The Morgan fingerprint density at radius 3 is 2.39 bits per heavy atom. The van der Waals surface area contributed by atoms with Gasteiger partial charge in [0.05, 0.1) is 17.5 Å². The molecule has 0 bridgehead atoms. The van der Waals surface area contributed by atoms with Crippen molar-refractivity contribution in [2.24, 2.45) is 0 Å². The molecule has 1 saturated heterocycles. The van der Waals surface area contributed by atoms with E-state index in [1.54, 1.807) is 0 Å². The van der Waals surface area contributed by atoms with E-state index < -0.39 is 0 Å². The Kier molecular flexibility index (Phi) is 4.67. The van der Waals surface area contributed by atoms with Gasteiger partial charge in [0.1, 0.15) is 11.5 Å². The molecule has 0 N–H and O–H groups in total. The third kappa shape index (κ3) is 3.30. The van der Waals surface area contributed by atoms with Crippen LogP contribution in [-0.2, 0) is 11.1 Å². The summed E-state index contributed by atoms with van der Waals surface area (Å²) >= 11 is 0. The Balaban J connectivity index is 1.26. The molecule has 4 nitrogen and oxygen atoms in total. The number of para-hydroxylation sites is 2. The molecule has 2 aliphatic heterocycles. The van der Waals surface area contributed by atoms with Gasteiger partial charge in [-0.3, -0.25) is 4.90 Å². The lowest BCUT2D eigenvalue weighted by atomic mass is 9.84. The summed E-state index contributed by atoms with van der Waals surface area (Å²) in [4.78, 5) is 2.72. The first-order valence-electron chi connectivity index (χ1n) is 12.4. The highest BCUT2D eigenvalue weighted by molar-refractivity contribution is 5.53. The first-order valence-corrected chi connectivity index (χ1v) is 12.4. The van der Waals surface area contributed by atoms with Gasteiger partial charge in [-0.15, -0.1) is 0 Å². The summed E-state index contributed by atoms with van der Waals surface area (Å²) in [6.45, 7) is 10.6. The second-order valence-corrected chi connectivity index (χ2v) is 10.5. The maximum Gasteiger partial charge on any atom is 0.152 e. The van der Waals surface area contributed by atoms with Crippen molar-refractivity contribution in [2.45, 2.75) is 70.6 Å². The summed E-state index contributed by atoms with van der Waals surface area (Å²) in [5.41, 5.74) is 6.40.